The van der Waals surface area contributed by atoms with Gasteiger partial charge in [0.2, 0.25) is 0 Å². The zero-order valence-electron chi connectivity index (χ0n) is 15.7. The molecule has 0 saturated carbocycles. The van der Waals surface area contributed by atoms with Crippen LogP contribution in [0.4, 0.5) is 5.69 Å². The normalized spacial score (nSPS) is 11.7. The number of hydrogen-bond acceptors (Lipinski definition) is 4. The van der Waals surface area contributed by atoms with E-state index in [1.54, 1.807) is 6.92 Å². The van der Waals surface area contributed by atoms with Crippen LogP contribution in [0.1, 0.15) is 30.5 Å². The van der Waals surface area contributed by atoms with E-state index in [1.165, 1.54) is 17.3 Å². The van der Waals surface area contributed by atoms with E-state index < -0.39 is 12.1 Å². The van der Waals surface area contributed by atoms with E-state index in [-0.39, 0.29) is 11.7 Å². The van der Waals surface area contributed by atoms with Gasteiger partial charge in [-0.2, -0.15) is 0 Å². The van der Waals surface area contributed by atoms with E-state index in [0.29, 0.717) is 5.69 Å². The first-order valence-corrected chi connectivity index (χ1v) is 9.67. The maximum atomic E-state index is 12.2. The van der Waals surface area contributed by atoms with Crippen LogP contribution in [0.25, 0.3) is 0 Å². The van der Waals surface area contributed by atoms with Gasteiger partial charge in [0.1, 0.15) is 0 Å². The molecule has 0 radical (unpaired) electrons. The standard InChI is InChI=1S/C21H25NO3S/c1-5-17-8-10-18(11-9-17)22-21(24)16(4)25-20(23)13-26-19-12-14(2)6-7-15(19)3/h6-12,16H,5,13H2,1-4H3,(H,22,24). The van der Waals surface area contributed by atoms with Crippen molar-refractivity contribution in [2.24, 2.45) is 0 Å². The Kier molecular flexibility index (Phi) is 7.27. The Morgan fingerprint density at radius 1 is 1.12 bits per heavy atom. The molecule has 1 unspecified atom stereocenters. The van der Waals surface area contributed by atoms with E-state index >= 15 is 0 Å². The van der Waals surface area contributed by atoms with Crippen molar-refractivity contribution in [1.82, 2.24) is 0 Å². The molecule has 0 saturated heterocycles. The van der Waals surface area contributed by atoms with E-state index in [1.807, 2.05) is 56.3 Å². The third-order valence-corrected chi connectivity index (χ3v) is 5.13. The summed E-state index contributed by atoms with van der Waals surface area (Å²) in [5, 5.41) is 2.77. The first-order chi connectivity index (χ1) is 12.4. The van der Waals surface area contributed by atoms with Gasteiger partial charge in [-0.3, -0.25) is 9.59 Å². The second-order valence-electron chi connectivity index (χ2n) is 6.23. The predicted molar refractivity (Wildman–Crippen MR) is 107 cm³/mol. The topological polar surface area (TPSA) is 55.4 Å². The summed E-state index contributed by atoms with van der Waals surface area (Å²) < 4.78 is 5.25. The number of ether oxygens (including phenoxy) is 1. The van der Waals surface area contributed by atoms with E-state index in [4.69, 9.17) is 4.74 Å². The van der Waals surface area contributed by atoms with Gasteiger partial charge in [-0.1, -0.05) is 36.8 Å². The average molecular weight is 372 g/mol. The molecule has 1 N–H and O–H groups in total. The number of benzene rings is 2. The Morgan fingerprint density at radius 3 is 2.46 bits per heavy atom. The summed E-state index contributed by atoms with van der Waals surface area (Å²) in [6.45, 7) is 7.68. The van der Waals surface area contributed by atoms with Gasteiger partial charge in [-0.05, 0) is 56.5 Å². The summed E-state index contributed by atoms with van der Waals surface area (Å²) in [4.78, 5) is 25.3. The first-order valence-electron chi connectivity index (χ1n) is 8.68. The van der Waals surface area contributed by atoms with E-state index in [9.17, 15) is 9.59 Å². The fourth-order valence-corrected chi connectivity index (χ4v) is 3.26. The lowest BCUT2D eigenvalue weighted by atomic mass is 10.1. The van der Waals surface area contributed by atoms with Gasteiger partial charge in [0.25, 0.3) is 5.91 Å². The molecule has 0 aliphatic rings. The van der Waals surface area contributed by atoms with E-state index in [0.717, 1.165) is 22.4 Å². The first kappa shape index (κ1) is 20.0. The van der Waals surface area contributed by atoms with Gasteiger partial charge < -0.3 is 10.1 Å². The Balaban J connectivity index is 1.83. The number of carbonyl (C=O) groups is 2. The van der Waals surface area contributed by atoms with Crippen LogP contribution in [-0.4, -0.2) is 23.7 Å². The summed E-state index contributed by atoms with van der Waals surface area (Å²) in [6, 6.07) is 13.7. The van der Waals surface area contributed by atoms with Crippen LogP contribution < -0.4 is 5.32 Å². The second-order valence-corrected chi connectivity index (χ2v) is 7.25. The van der Waals surface area contributed by atoms with Crippen molar-refractivity contribution in [1.29, 1.82) is 0 Å². The molecule has 5 heteroatoms. The van der Waals surface area contributed by atoms with Crippen molar-refractivity contribution in [3.8, 4) is 0 Å². The maximum absolute atomic E-state index is 12.2. The molecule has 1 atom stereocenters. The minimum absolute atomic E-state index is 0.174. The van der Waals surface area contributed by atoms with Crippen molar-refractivity contribution >= 4 is 29.3 Å². The quantitative estimate of drug-likeness (QED) is 0.574. The Labute approximate surface area is 159 Å². The Morgan fingerprint density at radius 2 is 1.81 bits per heavy atom. The van der Waals surface area contributed by atoms with Gasteiger partial charge in [0.15, 0.2) is 6.10 Å². The molecule has 1 amide bonds. The molecule has 0 aromatic heterocycles. The third-order valence-electron chi connectivity index (χ3n) is 4.00. The maximum Gasteiger partial charge on any atom is 0.317 e. The lowest BCUT2D eigenvalue weighted by Gasteiger charge is -2.14. The third kappa shape index (κ3) is 5.92. The van der Waals surface area contributed by atoms with Gasteiger partial charge in [-0.15, -0.1) is 11.8 Å². The van der Waals surface area contributed by atoms with Gasteiger partial charge in [0, 0.05) is 10.6 Å². The minimum Gasteiger partial charge on any atom is -0.452 e. The zero-order chi connectivity index (χ0) is 19.1. The molecule has 2 aromatic carbocycles. The number of hydrogen-bond donors (Lipinski definition) is 1. The smallest absolute Gasteiger partial charge is 0.317 e. The highest BCUT2D eigenvalue weighted by molar-refractivity contribution is 8.00. The van der Waals surface area contributed by atoms with Crippen LogP contribution in [-0.2, 0) is 20.7 Å². The predicted octanol–water partition coefficient (Wildman–Crippen LogP) is 4.53. The monoisotopic (exact) mass is 371 g/mol. The molecular formula is C21H25NO3S. The van der Waals surface area contributed by atoms with Crippen LogP contribution in [0.3, 0.4) is 0 Å². The average Bonchev–Trinajstić information content (AvgIpc) is 2.63. The number of carbonyl (C=O) groups excluding carboxylic acids is 2. The summed E-state index contributed by atoms with van der Waals surface area (Å²) >= 11 is 1.42. The Bertz CT molecular complexity index is 771. The number of aryl methyl sites for hydroxylation is 3. The number of anilines is 1. The molecule has 2 aromatic rings. The molecule has 0 aliphatic carbocycles. The van der Waals surface area contributed by atoms with Crippen molar-refractivity contribution in [2.45, 2.75) is 45.1 Å². The van der Waals surface area contributed by atoms with E-state index in [2.05, 4.69) is 12.2 Å². The number of thioether (sulfide) groups is 1. The highest BCUT2D eigenvalue weighted by atomic mass is 32.2. The molecule has 0 aliphatic heterocycles. The SMILES string of the molecule is CCc1ccc(NC(=O)C(C)OC(=O)CSc2cc(C)ccc2C)cc1. The molecule has 0 bridgehead atoms. The molecule has 138 valence electrons. The number of esters is 1. The van der Waals surface area contributed by atoms with Crippen LogP contribution in [0.5, 0.6) is 0 Å². The number of amides is 1. The van der Waals surface area contributed by atoms with Gasteiger partial charge in [0.05, 0.1) is 5.75 Å². The van der Waals surface area contributed by atoms with Crippen LogP contribution in [0.2, 0.25) is 0 Å². The molecule has 0 spiro atoms. The van der Waals surface area contributed by atoms with Crippen LogP contribution in [0, 0.1) is 13.8 Å². The minimum atomic E-state index is -0.840. The highest BCUT2D eigenvalue weighted by Gasteiger charge is 2.18. The fraction of sp³-hybridized carbons (Fsp3) is 0.333. The number of rotatable bonds is 7. The molecule has 0 fully saturated rings. The zero-order valence-corrected chi connectivity index (χ0v) is 16.5. The highest BCUT2D eigenvalue weighted by Crippen LogP contribution is 2.23. The lowest BCUT2D eigenvalue weighted by molar-refractivity contribution is -0.150. The van der Waals surface area contributed by atoms with Gasteiger partial charge in [-0.25, -0.2) is 0 Å². The number of nitrogens with one attached hydrogen (secondary N) is 1. The fourth-order valence-electron chi connectivity index (χ4n) is 2.35. The molecule has 26 heavy (non-hydrogen) atoms. The molecular weight excluding hydrogens is 346 g/mol. The van der Waals surface area contributed by atoms with Crippen molar-refractivity contribution in [3.63, 3.8) is 0 Å². The summed E-state index contributed by atoms with van der Waals surface area (Å²) in [6.07, 6.45) is 0.105. The van der Waals surface area contributed by atoms with Crippen LogP contribution in [0.15, 0.2) is 47.4 Å². The molecule has 0 heterocycles. The van der Waals surface area contributed by atoms with Crippen LogP contribution >= 0.6 is 11.8 Å². The second kappa shape index (κ2) is 9.43. The summed E-state index contributed by atoms with van der Waals surface area (Å²) in [5.41, 5.74) is 4.16. The lowest BCUT2D eigenvalue weighted by Crippen LogP contribution is -2.30. The molecule has 2 rings (SSSR count). The summed E-state index contributed by atoms with van der Waals surface area (Å²) in [5.74, 6) is -0.563. The van der Waals surface area contributed by atoms with Crippen molar-refractivity contribution in [3.05, 3.63) is 59.2 Å². The molecule has 4 nitrogen and oxygen atoms in total. The van der Waals surface area contributed by atoms with Gasteiger partial charge >= 0.3 is 5.97 Å². The van der Waals surface area contributed by atoms with Crippen molar-refractivity contribution < 1.29 is 14.3 Å². The Hall–Kier alpha value is -2.27. The van der Waals surface area contributed by atoms with Crippen molar-refractivity contribution in [2.75, 3.05) is 11.1 Å². The largest absolute Gasteiger partial charge is 0.452 e. The summed E-state index contributed by atoms with van der Waals surface area (Å²) in [7, 11) is 0.